The maximum atomic E-state index is 4.44. The fourth-order valence-corrected chi connectivity index (χ4v) is 1.42. The second-order valence-corrected chi connectivity index (χ2v) is 3.85. The van der Waals surface area contributed by atoms with Gasteiger partial charge in [-0.3, -0.25) is 0 Å². The summed E-state index contributed by atoms with van der Waals surface area (Å²) in [4.78, 5) is 4.44. The lowest BCUT2D eigenvalue weighted by atomic mass is 10.3. The number of rotatable bonds is 3. The summed E-state index contributed by atoms with van der Waals surface area (Å²) < 4.78 is 1.81. The molecule has 0 bridgehead atoms. The third-order valence-electron chi connectivity index (χ3n) is 2.55. The first-order valence-electron chi connectivity index (χ1n) is 5.29. The third-order valence-corrected chi connectivity index (χ3v) is 2.55. The smallest absolute Gasteiger partial charge is 0.243 e. The van der Waals surface area contributed by atoms with E-state index in [1.165, 1.54) is 0 Å². The molecule has 2 aromatic heterocycles. The van der Waals surface area contributed by atoms with Crippen molar-refractivity contribution in [3.8, 4) is 0 Å². The van der Waals surface area contributed by atoms with Gasteiger partial charge in [0.25, 0.3) is 0 Å². The van der Waals surface area contributed by atoms with Gasteiger partial charge in [-0.1, -0.05) is 13.0 Å². The maximum Gasteiger partial charge on any atom is 0.243 e. The molecule has 2 aromatic rings. The molecule has 1 atom stereocenters. The van der Waals surface area contributed by atoms with E-state index in [-0.39, 0.29) is 0 Å². The molecule has 0 spiro atoms. The van der Waals surface area contributed by atoms with Gasteiger partial charge in [-0.15, -0.1) is 5.10 Å². The van der Waals surface area contributed by atoms with Gasteiger partial charge in [-0.25, -0.2) is 4.52 Å². The second kappa shape index (κ2) is 3.88. The molecule has 80 valence electrons. The first-order chi connectivity index (χ1) is 7.20. The van der Waals surface area contributed by atoms with Gasteiger partial charge in [0, 0.05) is 12.2 Å². The van der Waals surface area contributed by atoms with Crippen LogP contribution >= 0.6 is 0 Å². The van der Waals surface area contributed by atoms with Crippen molar-refractivity contribution in [2.24, 2.45) is 0 Å². The Hall–Kier alpha value is -1.58. The van der Waals surface area contributed by atoms with Crippen molar-refractivity contribution in [1.29, 1.82) is 0 Å². The van der Waals surface area contributed by atoms with Crippen LogP contribution in [-0.2, 0) is 0 Å². The minimum absolute atomic E-state index is 0.405. The Morgan fingerprint density at radius 2 is 2.33 bits per heavy atom. The average molecular weight is 204 g/mol. The highest BCUT2D eigenvalue weighted by Crippen LogP contribution is 2.10. The lowest BCUT2D eigenvalue weighted by molar-refractivity contribution is 0.751. The van der Waals surface area contributed by atoms with Gasteiger partial charge >= 0.3 is 0 Å². The van der Waals surface area contributed by atoms with Crippen LogP contribution in [0.5, 0.6) is 0 Å². The molecule has 2 rings (SSSR count). The van der Waals surface area contributed by atoms with E-state index in [1.807, 2.05) is 25.3 Å². The number of nitrogens with one attached hydrogen (secondary N) is 1. The van der Waals surface area contributed by atoms with Crippen LogP contribution in [0.1, 0.15) is 25.8 Å². The van der Waals surface area contributed by atoms with Gasteiger partial charge < -0.3 is 5.32 Å². The van der Waals surface area contributed by atoms with Crippen LogP contribution in [0.25, 0.3) is 5.65 Å². The van der Waals surface area contributed by atoms with Gasteiger partial charge in [0.15, 0.2) is 5.65 Å². The van der Waals surface area contributed by atoms with Crippen LogP contribution in [0.2, 0.25) is 0 Å². The molecule has 1 unspecified atom stereocenters. The number of nitrogens with zero attached hydrogens (tertiary/aromatic N) is 3. The van der Waals surface area contributed by atoms with Crippen molar-refractivity contribution < 1.29 is 0 Å². The lowest BCUT2D eigenvalue weighted by Gasteiger charge is -2.07. The van der Waals surface area contributed by atoms with Gasteiger partial charge in [0.2, 0.25) is 5.95 Å². The van der Waals surface area contributed by atoms with Crippen molar-refractivity contribution in [2.75, 3.05) is 5.32 Å². The Morgan fingerprint density at radius 3 is 3.00 bits per heavy atom. The molecule has 0 aliphatic rings. The highest BCUT2D eigenvalue weighted by molar-refractivity contribution is 5.49. The first kappa shape index (κ1) is 9.96. The Balaban J connectivity index is 2.35. The van der Waals surface area contributed by atoms with E-state index in [0.29, 0.717) is 12.0 Å². The molecule has 0 fully saturated rings. The molecule has 1 N–H and O–H groups in total. The molecule has 4 heteroatoms. The highest BCUT2D eigenvalue weighted by atomic mass is 15.3. The number of hydrogen-bond acceptors (Lipinski definition) is 3. The number of hydrogen-bond donors (Lipinski definition) is 1. The Kier molecular flexibility index (Phi) is 2.58. The topological polar surface area (TPSA) is 42.2 Å². The van der Waals surface area contributed by atoms with E-state index in [9.17, 15) is 0 Å². The zero-order valence-corrected chi connectivity index (χ0v) is 9.36. The summed E-state index contributed by atoms with van der Waals surface area (Å²) in [5.74, 6) is 0.707. The molecule has 0 saturated heterocycles. The third kappa shape index (κ3) is 1.93. The zero-order chi connectivity index (χ0) is 10.8. The van der Waals surface area contributed by atoms with Crippen molar-refractivity contribution >= 4 is 11.6 Å². The quantitative estimate of drug-likeness (QED) is 0.833. The fraction of sp³-hybridized carbons (Fsp3) is 0.455. The van der Waals surface area contributed by atoms with Gasteiger partial charge in [-0.05, 0) is 31.9 Å². The summed E-state index contributed by atoms with van der Waals surface area (Å²) in [7, 11) is 0. The molecule has 0 amide bonds. The van der Waals surface area contributed by atoms with Crippen LogP contribution in [0, 0.1) is 6.92 Å². The Morgan fingerprint density at radius 1 is 1.53 bits per heavy atom. The standard InChI is InChI=1S/C11H16N4/c1-4-9(3)12-11-13-10-8(2)6-5-7-15(10)14-11/h5-7,9H,4H2,1-3H3,(H,12,14). The molecule has 0 aliphatic carbocycles. The van der Waals surface area contributed by atoms with E-state index in [2.05, 4.69) is 29.2 Å². The minimum atomic E-state index is 0.405. The zero-order valence-electron chi connectivity index (χ0n) is 9.36. The van der Waals surface area contributed by atoms with Crippen LogP contribution in [0.15, 0.2) is 18.3 Å². The lowest BCUT2D eigenvalue weighted by Crippen LogP contribution is -2.14. The molecule has 0 aromatic carbocycles. The van der Waals surface area contributed by atoms with Gasteiger partial charge in [0.1, 0.15) is 0 Å². The Bertz CT molecular complexity index is 461. The molecule has 2 heterocycles. The summed E-state index contributed by atoms with van der Waals surface area (Å²) in [5, 5.41) is 7.62. The minimum Gasteiger partial charge on any atom is -0.350 e. The number of anilines is 1. The second-order valence-electron chi connectivity index (χ2n) is 3.85. The molecule has 0 saturated carbocycles. The molecule has 4 nitrogen and oxygen atoms in total. The van der Waals surface area contributed by atoms with E-state index in [0.717, 1.165) is 17.6 Å². The molecule has 0 aliphatic heterocycles. The average Bonchev–Trinajstić information content (AvgIpc) is 2.62. The predicted molar refractivity (Wildman–Crippen MR) is 61.1 cm³/mol. The largest absolute Gasteiger partial charge is 0.350 e. The van der Waals surface area contributed by atoms with Crippen molar-refractivity contribution in [3.05, 3.63) is 23.9 Å². The van der Waals surface area contributed by atoms with E-state index in [4.69, 9.17) is 0 Å². The van der Waals surface area contributed by atoms with Crippen molar-refractivity contribution in [2.45, 2.75) is 33.2 Å². The highest BCUT2D eigenvalue weighted by Gasteiger charge is 2.06. The van der Waals surface area contributed by atoms with Crippen LogP contribution < -0.4 is 5.32 Å². The summed E-state index contributed by atoms with van der Waals surface area (Å²) >= 11 is 0. The molecular weight excluding hydrogens is 188 g/mol. The first-order valence-corrected chi connectivity index (χ1v) is 5.29. The fourth-order valence-electron chi connectivity index (χ4n) is 1.42. The normalized spacial score (nSPS) is 13.0. The summed E-state index contributed by atoms with van der Waals surface area (Å²) in [6.45, 7) is 6.30. The van der Waals surface area contributed by atoms with Crippen molar-refractivity contribution in [1.82, 2.24) is 14.6 Å². The molecule has 15 heavy (non-hydrogen) atoms. The number of pyridine rings is 1. The number of fused-ring (bicyclic) bond motifs is 1. The van der Waals surface area contributed by atoms with Crippen LogP contribution in [0.4, 0.5) is 5.95 Å². The summed E-state index contributed by atoms with van der Waals surface area (Å²) in [6.07, 6.45) is 2.98. The van der Waals surface area contributed by atoms with E-state index < -0.39 is 0 Å². The molecule has 0 radical (unpaired) electrons. The van der Waals surface area contributed by atoms with Gasteiger partial charge in [0.05, 0.1) is 0 Å². The SMILES string of the molecule is CCC(C)Nc1nc2c(C)cccn2n1. The monoisotopic (exact) mass is 204 g/mol. The van der Waals surface area contributed by atoms with Gasteiger partial charge in [-0.2, -0.15) is 4.98 Å². The summed E-state index contributed by atoms with van der Waals surface area (Å²) in [6, 6.07) is 4.42. The van der Waals surface area contributed by atoms with Crippen LogP contribution in [-0.4, -0.2) is 20.6 Å². The Labute approximate surface area is 89.3 Å². The summed E-state index contributed by atoms with van der Waals surface area (Å²) in [5.41, 5.74) is 2.06. The predicted octanol–water partition coefficient (Wildman–Crippen LogP) is 2.25. The van der Waals surface area contributed by atoms with E-state index >= 15 is 0 Å². The molecular formula is C11H16N4. The van der Waals surface area contributed by atoms with E-state index in [1.54, 1.807) is 4.52 Å². The number of aryl methyl sites for hydroxylation is 1. The number of aromatic nitrogens is 3. The van der Waals surface area contributed by atoms with Crippen LogP contribution in [0.3, 0.4) is 0 Å². The van der Waals surface area contributed by atoms with Crippen molar-refractivity contribution in [3.63, 3.8) is 0 Å². The maximum absolute atomic E-state index is 4.44.